The van der Waals surface area contributed by atoms with E-state index in [1.165, 1.54) is 0 Å². The van der Waals surface area contributed by atoms with Crippen LogP contribution < -0.4 is 4.74 Å². The fourth-order valence-corrected chi connectivity index (χ4v) is 1.39. The lowest BCUT2D eigenvalue weighted by Gasteiger charge is -2.18. The summed E-state index contributed by atoms with van der Waals surface area (Å²) in [6, 6.07) is 9.82. The Bertz CT molecular complexity index is 358. The first-order valence-electron chi connectivity index (χ1n) is 5.11. The predicted molar refractivity (Wildman–Crippen MR) is 67.3 cm³/mol. The Morgan fingerprint density at radius 2 is 2.06 bits per heavy atom. The van der Waals surface area contributed by atoms with E-state index in [1.807, 2.05) is 43.1 Å². The number of halogens is 1. The van der Waals surface area contributed by atoms with Crippen molar-refractivity contribution in [1.82, 2.24) is 4.90 Å². The molecule has 16 heavy (non-hydrogen) atoms. The molecular weight excluding hydrogens is 268 g/mol. The van der Waals surface area contributed by atoms with Crippen LogP contribution in [0.4, 0.5) is 0 Å². The Morgan fingerprint density at radius 3 is 2.62 bits per heavy atom. The van der Waals surface area contributed by atoms with Crippen LogP contribution in [0.1, 0.15) is 6.92 Å². The normalized spacial score (nSPS) is 12.2. The van der Waals surface area contributed by atoms with Gasteiger partial charge in [-0.2, -0.15) is 5.26 Å². The predicted octanol–water partition coefficient (Wildman–Crippen LogP) is 2.67. The lowest BCUT2D eigenvalue weighted by atomic mass is 10.3. The van der Waals surface area contributed by atoms with Crippen LogP contribution in [0.3, 0.4) is 0 Å². The van der Waals surface area contributed by atoms with E-state index in [-0.39, 0.29) is 6.04 Å². The minimum Gasteiger partial charge on any atom is -0.492 e. The van der Waals surface area contributed by atoms with Crippen molar-refractivity contribution in [2.24, 2.45) is 0 Å². The summed E-state index contributed by atoms with van der Waals surface area (Å²) in [4.78, 5) is 1.96. The van der Waals surface area contributed by atoms with Crippen molar-refractivity contribution in [2.45, 2.75) is 13.0 Å². The molecule has 0 unspecified atom stereocenters. The topological polar surface area (TPSA) is 36.3 Å². The number of ether oxygens (including phenoxy) is 1. The zero-order chi connectivity index (χ0) is 12.0. The van der Waals surface area contributed by atoms with Gasteiger partial charge in [0.1, 0.15) is 12.4 Å². The average molecular weight is 283 g/mol. The SMILES string of the molecule is C[C@H](C#N)N(C)CCOc1ccc(Br)cc1. The van der Waals surface area contributed by atoms with Crippen LogP contribution in [-0.4, -0.2) is 31.1 Å². The molecule has 4 heteroatoms. The Labute approximate surface area is 105 Å². The van der Waals surface area contributed by atoms with E-state index >= 15 is 0 Å². The molecule has 1 aromatic rings. The van der Waals surface area contributed by atoms with E-state index in [1.54, 1.807) is 0 Å². The van der Waals surface area contributed by atoms with Crippen LogP contribution >= 0.6 is 15.9 Å². The molecule has 86 valence electrons. The fourth-order valence-electron chi connectivity index (χ4n) is 1.13. The molecule has 0 saturated heterocycles. The summed E-state index contributed by atoms with van der Waals surface area (Å²) in [6.07, 6.45) is 0. The molecule has 0 saturated carbocycles. The number of nitriles is 1. The maximum Gasteiger partial charge on any atom is 0.119 e. The van der Waals surface area contributed by atoms with E-state index in [9.17, 15) is 0 Å². The molecule has 0 heterocycles. The van der Waals surface area contributed by atoms with Crippen LogP contribution in [0.2, 0.25) is 0 Å². The second-order valence-corrected chi connectivity index (χ2v) is 4.50. The second-order valence-electron chi connectivity index (χ2n) is 3.59. The Hall–Kier alpha value is -1.05. The molecule has 0 aliphatic heterocycles. The number of nitrogens with zero attached hydrogens (tertiary/aromatic N) is 2. The zero-order valence-corrected chi connectivity index (χ0v) is 11.1. The standard InChI is InChI=1S/C12H15BrN2O/c1-10(9-14)15(2)7-8-16-12-5-3-11(13)4-6-12/h3-6,10H,7-8H2,1-2H3/t10-/m1/s1. The van der Waals surface area contributed by atoms with Gasteiger partial charge in [-0.3, -0.25) is 4.90 Å². The summed E-state index contributed by atoms with van der Waals surface area (Å²) in [7, 11) is 1.92. The molecule has 0 radical (unpaired) electrons. The second kappa shape index (κ2) is 6.51. The molecule has 0 N–H and O–H groups in total. The minimum absolute atomic E-state index is 0.0754. The van der Waals surface area contributed by atoms with E-state index < -0.39 is 0 Å². The van der Waals surface area contributed by atoms with Gasteiger partial charge in [0.15, 0.2) is 0 Å². The number of likely N-dealkylation sites (N-methyl/N-ethyl adjacent to an activating group) is 1. The number of benzene rings is 1. The third-order valence-corrected chi connectivity index (χ3v) is 2.90. The van der Waals surface area contributed by atoms with Crippen LogP contribution in [0.5, 0.6) is 5.75 Å². The van der Waals surface area contributed by atoms with E-state index in [2.05, 4.69) is 22.0 Å². The first-order valence-corrected chi connectivity index (χ1v) is 5.91. The van der Waals surface area contributed by atoms with Gasteiger partial charge in [0, 0.05) is 11.0 Å². The van der Waals surface area contributed by atoms with Crippen LogP contribution in [0.15, 0.2) is 28.7 Å². The van der Waals surface area contributed by atoms with Crippen LogP contribution in [0, 0.1) is 11.3 Å². The van der Waals surface area contributed by atoms with Crippen molar-refractivity contribution in [3.63, 3.8) is 0 Å². The fraction of sp³-hybridized carbons (Fsp3) is 0.417. The van der Waals surface area contributed by atoms with Gasteiger partial charge in [-0.05, 0) is 38.2 Å². The van der Waals surface area contributed by atoms with Crippen molar-refractivity contribution in [3.8, 4) is 11.8 Å². The molecular formula is C12H15BrN2O. The molecule has 3 nitrogen and oxygen atoms in total. The first-order chi connectivity index (χ1) is 7.63. The van der Waals surface area contributed by atoms with E-state index in [4.69, 9.17) is 10.00 Å². The molecule has 0 spiro atoms. The summed E-state index contributed by atoms with van der Waals surface area (Å²) in [5.41, 5.74) is 0. The van der Waals surface area contributed by atoms with Crippen molar-refractivity contribution in [1.29, 1.82) is 5.26 Å². The summed E-state index contributed by atoms with van der Waals surface area (Å²) in [5.74, 6) is 0.848. The lowest BCUT2D eigenvalue weighted by Crippen LogP contribution is -2.31. The van der Waals surface area contributed by atoms with Gasteiger partial charge in [-0.1, -0.05) is 15.9 Å². The lowest BCUT2D eigenvalue weighted by molar-refractivity contribution is 0.222. The molecule has 1 aromatic carbocycles. The quantitative estimate of drug-likeness (QED) is 0.833. The van der Waals surface area contributed by atoms with Gasteiger partial charge in [0.2, 0.25) is 0 Å². The van der Waals surface area contributed by atoms with Gasteiger partial charge >= 0.3 is 0 Å². The van der Waals surface area contributed by atoms with Crippen molar-refractivity contribution in [3.05, 3.63) is 28.7 Å². The van der Waals surface area contributed by atoms with Crippen LogP contribution in [-0.2, 0) is 0 Å². The summed E-state index contributed by atoms with van der Waals surface area (Å²) < 4.78 is 6.59. The number of hydrogen-bond acceptors (Lipinski definition) is 3. The van der Waals surface area contributed by atoms with E-state index in [0.29, 0.717) is 6.61 Å². The Kier molecular flexibility index (Phi) is 5.30. The van der Waals surface area contributed by atoms with Crippen molar-refractivity contribution >= 4 is 15.9 Å². The number of hydrogen-bond donors (Lipinski definition) is 0. The van der Waals surface area contributed by atoms with Crippen molar-refractivity contribution in [2.75, 3.05) is 20.2 Å². The largest absolute Gasteiger partial charge is 0.492 e. The highest BCUT2D eigenvalue weighted by molar-refractivity contribution is 9.10. The molecule has 0 aliphatic rings. The third-order valence-electron chi connectivity index (χ3n) is 2.37. The maximum absolute atomic E-state index is 8.71. The Balaban J connectivity index is 2.31. The van der Waals surface area contributed by atoms with Gasteiger partial charge in [0.05, 0.1) is 12.1 Å². The molecule has 1 rings (SSSR count). The highest BCUT2D eigenvalue weighted by atomic mass is 79.9. The average Bonchev–Trinajstić information content (AvgIpc) is 2.30. The minimum atomic E-state index is -0.0754. The molecule has 0 aromatic heterocycles. The molecule has 0 bridgehead atoms. The summed E-state index contributed by atoms with van der Waals surface area (Å²) >= 11 is 3.37. The van der Waals surface area contributed by atoms with E-state index in [0.717, 1.165) is 16.8 Å². The summed E-state index contributed by atoms with van der Waals surface area (Å²) in [6.45, 7) is 3.20. The number of rotatable bonds is 5. The highest BCUT2D eigenvalue weighted by Gasteiger charge is 2.06. The summed E-state index contributed by atoms with van der Waals surface area (Å²) in [5, 5.41) is 8.71. The van der Waals surface area contributed by atoms with Gasteiger partial charge in [0.25, 0.3) is 0 Å². The van der Waals surface area contributed by atoms with Crippen LogP contribution in [0.25, 0.3) is 0 Å². The monoisotopic (exact) mass is 282 g/mol. The third kappa shape index (κ3) is 4.21. The zero-order valence-electron chi connectivity index (χ0n) is 9.48. The molecule has 1 atom stereocenters. The molecule has 0 amide bonds. The maximum atomic E-state index is 8.71. The van der Waals surface area contributed by atoms with Gasteiger partial charge < -0.3 is 4.74 Å². The highest BCUT2D eigenvalue weighted by Crippen LogP contribution is 2.15. The molecule has 0 fully saturated rings. The van der Waals surface area contributed by atoms with Crippen molar-refractivity contribution < 1.29 is 4.74 Å². The Morgan fingerprint density at radius 1 is 1.44 bits per heavy atom. The van der Waals surface area contributed by atoms with Gasteiger partial charge in [-0.25, -0.2) is 0 Å². The molecule has 0 aliphatic carbocycles. The first kappa shape index (κ1) is 13.0. The van der Waals surface area contributed by atoms with Gasteiger partial charge in [-0.15, -0.1) is 0 Å². The smallest absolute Gasteiger partial charge is 0.119 e.